The Kier molecular flexibility index (Phi) is 6.95. The Morgan fingerprint density at radius 3 is 2.71 bits per heavy atom. The monoisotopic (exact) mass is 417 g/mol. The highest BCUT2D eigenvalue weighted by Crippen LogP contribution is 2.33. The molecule has 4 rings (SSSR count). The number of aliphatic hydroxyl groups is 1. The summed E-state index contributed by atoms with van der Waals surface area (Å²) in [5.41, 5.74) is 2.49. The molecule has 0 saturated heterocycles. The number of nitrogens with one attached hydrogen (secondary N) is 1. The molecule has 0 bridgehead atoms. The molecule has 1 fully saturated rings. The van der Waals surface area contributed by atoms with Gasteiger partial charge >= 0.3 is 0 Å². The van der Waals surface area contributed by atoms with Crippen molar-refractivity contribution < 1.29 is 9.84 Å². The van der Waals surface area contributed by atoms with Gasteiger partial charge in [-0.05, 0) is 62.3 Å². The smallest absolute Gasteiger partial charge is 0.119 e. The van der Waals surface area contributed by atoms with Crippen LogP contribution in [0.2, 0.25) is 0 Å². The summed E-state index contributed by atoms with van der Waals surface area (Å²) in [7, 11) is 1.66. The second-order valence-electron chi connectivity index (χ2n) is 8.42. The van der Waals surface area contributed by atoms with Gasteiger partial charge in [-0.1, -0.05) is 42.5 Å². The Morgan fingerprint density at radius 2 is 1.94 bits per heavy atom. The highest BCUT2D eigenvalue weighted by molar-refractivity contribution is 5.82. The van der Waals surface area contributed by atoms with Crippen LogP contribution in [0.15, 0.2) is 60.9 Å². The Bertz CT molecular complexity index is 1010. The van der Waals surface area contributed by atoms with Crippen LogP contribution in [0.4, 0.5) is 0 Å². The topological polar surface area (TPSA) is 67.3 Å². The van der Waals surface area contributed by atoms with Crippen molar-refractivity contribution >= 4 is 17.0 Å². The number of hydrogen-bond donors (Lipinski definition) is 2. The third-order valence-electron chi connectivity index (χ3n) is 6.30. The van der Waals surface area contributed by atoms with Gasteiger partial charge in [-0.15, -0.1) is 0 Å². The predicted octanol–water partition coefficient (Wildman–Crippen LogP) is 4.55. The average molecular weight is 418 g/mol. The molecular weight excluding hydrogens is 386 g/mol. The molecule has 5 nitrogen and oxygen atoms in total. The molecule has 0 amide bonds. The molecule has 0 spiro atoms. The van der Waals surface area contributed by atoms with Crippen LogP contribution >= 0.6 is 0 Å². The van der Waals surface area contributed by atoms with Crippen molar-refractivity contribution in [2.75, 3.05) is 13.7 Å². The van der Waals surface area contributed by atoms with Gasteiger partial charge in [0.25, 0.3) is 0 Å². The van der Waals surface area contributed by atoms with E-state index in [0.29, 0.717) is 6.04 Å². The SMILES string of the molecule is COc1ccc2ncnc(CCC3(O)CCC(NCC=Cc4ccccc4)CC3)c2c1. The van der Waals surface area contributed by atoms with Crippen LogP contribution < -0.4 is 10.1 Å². The van der Waals surface area contributed by atoms with Crippen LogP contribution in [0, 0.1) is 0 Å². The van der Waals surface area contributed by atoms with Crippen molar-refractivity contribution in [3.8, 4) is 5.75 Å². The van der Waals surface area contributed by atoms with E-state index in [9.17, 15) is 5.11 Å². The van der Waals surface area contributed by atoms with Gasteiger partial charge in [0, 0.05) is 18.0 Å². The summed E-state index contributed by atoms with van der Waals surface area (Å²) in [4.78, 5) is 8.84. The van der Waals surface area contributed by atoms with E-state index in [1.54, 1.807) is 13.4 Å². The molecule has 0 unspecified atom stereocenters. The van der Waals surface area contributed by atoms with Gasteiger partial charge in [0.15, 0.2) is 0 Å². The number of benzene rings is 2. The third kappa shape index (κ3) is 5.69. The Balaban J connectivity index is 1.27. The largest absolute Gasteiger partial charge is 0.497 e. The Labute approximate surface area is 184 Å². The summed E-state index contributed by atoms with van der Waals surface area (Å²) < 4.78 is 5.35. The summed E-state index contributed by atoms with van der Waals surface area (Å²) in [5, 5.41) is 15.7. The average Bonchev–Trinajstić information content (AvgIpc) is 2.82. The van der Waals surface area contributed by atoms with Crippen LogP contribution in [0.5, 0.6) is 5.75 Å². The number of hydrogen-bond acceptors (Lipinski definition) is 5. The second-order valence-corrected chi connectivity index (χ2v) is 8.42. The van der Waals surface area contributed by atoms with Crippen LogP contribution in [0.25, 0.3) is 17.0 Å². The van der Waals surface area contributed by atoms with Gasteiger partial charge in [0.2, 0.25) is 0 Å². The second kappa shape index (κ2) is 10.0. The predicted molar refractivity (Wildman–Crippen MR) is 125 cm³/mol. The van der Waals surface area contributed by atoms with E-state index in [0.717, 1.165) is 67.4 Å². The molecule has 1 saturated carbocycles. The molecule has 0 atom stereocenters. The molecule has 1 aromatic heterocycles. The Morgan fingerprint density at radius 1 is 1.13 bits per heavy atom. The van der Waals surface area contributed by atoms with Crippen LogP contribution in [0.3, 0.4) is 0 Å². The standard InChI is InChI=1S/C26H31N3O2/c1-31-22-9-10-24-23(18-22)25(29-19-28-24)13-16-26(30)14-11-21(12-15-26)27-17-5-8-20-6-3-2-4-7-20/h2-10,18-19,21,27,30H,11-17H2,1H3. The lowest BCUT2D eigenvalue weighted by Gasteiger charge is -2.36. The first-order chi connectivity index (χ1) is 15.1. The first-order valence-corrected chi connectivity index (χ1v) is 11.1. The van der Waals surface area contributed by atoms with Crippen molar-refractivity contribution in [1.29, 1.82) is 0 Å². The van der Waals surface area contributed by atoms with Crippen LogP contribution in [-0.4, -0.2) is 40.4 Å². The summed E-state index contributed by atoms with van der Waals surface area (Å²) >= 11 is 0. The number of aryl methyl sites for hydroxylation is 1. The number of rotatable bonds is 8. The zero-order chi connectivity index (χ0) is 21.5. The highest BCUT2D eigenvalue weighted by atomic mass is 16.5. The first-order valence-electron chi connectivity index (χ1n) is 11.1. The molecule has 2 N–H and O–H groups in total. The maximum Gasteiger partial charge on any atom is 0.119 e. The van der Waals surface area contributed by atoms with Gasteiger partial charge in [-0.2, -0.15) is 0 Å². The number of aromatic nitrogens is 2. The van der Waals surface area contributed by atoms with Crippen LogP contribution in [-0.2, 0) is 6.42 Å². The van der Waals surface area contributed by atoms with E-state index >= 15 is 0 Å². The van der Waals surface area contributed by atoms with Gasteiger partial charge in [0.1, 0.15) is 12.1 Å². The lowest BCUT2D eigenvalue weighted by atomic mass is 9.79. The molecule has 3 aromatic rings. The lowest BCUT2D eigenvalue weighted by Crippen LogP contribution is -2.41. The zero-order valence-corrected chi connectivity index (χ0v) is 18.1. The minimum Gasteiger partial charge on any atom is -0.497 e. The molecule has 1 aliphatic rings. The van der Waals surface area contributed by atoms with E-state index in [-0.39, 0.29) is 0 Å². The summed E-state index contributed by atoms with van der Waals surface area (Å²) in [6.45, 7) is 0.854. The van der Waals surface area contributed by atoms with Crippen molar-refractivity contribution in [2.45, 2.75) is 50.2 Å². The normalized spacial score (nSPS) is 21.5. The third-order valence-corrected chi connectivity index (χ3v) is 6.30. The minimum absolute atomic E-state index is 0.463. The molecule has 1 aliphatic carbocycles. The van der Waals surface area contributed by atoms with Crippen molar-refractivity contribution in [3.05, 3.63) is 72.2 Å². The summed E-state index contributed by atoms with van der Waals surface area (Å²) in [6.07, 6.45) is 11.0. The number of ether oxygens (including phenoxy) is 1. The molecule has 5 heteroatoms. The quantitative estimate of drug-likeness (QED) is 0.563. The number of methoxy groups -OCH3 is 1. The molecule has 162 valence electrons. The van der Waals surface area contributed by atoms with Gasteiger partial charge < -0.3 is 15.2 Å². The molecule has 1 heterocycles. The molecule has 0 aliphatic heterocycles. The maximum absolute atomic E-state index is 11.1. The van der Waals surface area contributed by atoms with E-state index in [4.69, 9.17) is 4.74 Å². The number of nitrogens with zero attached hydrogens (tertiary/aromatic N) is 2. The van der Waals surface area contributed by atoms with Gasteiger partial charge in [0.05, 0.1) is 23.9 Å². The van der Waals surface area contributed by atoms with Gasteiger partial charge in [-0.3, -0.25) is 0 Å². The van der Waals surface area contributed by atoms with E-state index in [1.165, 1.54) is 5.56 Å². The highest BCUT2D eigenvalue weighted by Gasteiger charge is 2.32. The van der Waals surface area contributed by atoms with Crippen molar-refractivity contribution in [3.63, 3.8) is 0 Å². The fourth-order valence-corrected chi connectivity index (χ4v) is 4.37. The zero-order valence-electron chi connectivity index (χ0n) is 18.1. The first kappa shape index (κ1) is 21.5. The summed E-state index contributed by atoms with van der Waals surface area (Å²) in [5.74, 6) is 0.801. The molecule has 31 heavy (non-hydrogen) atoms. The Hall–Kier alpha value is -2.76. The van der Waals surface area contributed by atoms with Crippen molar-refractivity contribution in [2.24, 2.45) is 0 Å². The summed E-state index contributed by atoms with van der Waals surface area (Å²) in [6, 6.07) is 16.7. The molecule has 0 radical (unpaired) electrons. The molecular formula is C26H31N3O2. The lowest BCUT2D eigenvalue weighted by molar-refractivity contribution is -0.0105. The fourth-order valence-electron chi connectivity index (χ4n) is 4.37. The van der Waals surface area contributed by atoms with E-state index in [2.05, 4.69) is 51.7 Å². The van der Waals surface area contributed by atoms with Crippen molar-refractivity contribution in [1.82, 2.24) is 15.3 Å². The van der Waals surface area contributed by atoms with Crippen LogP contribution in [0.1, 0.15) is 43.4 Å². The molecule has 2 aromatic carbocycles. The maximum atomic E-state index is 11.1. The fraction of sp³-hybridized carbons (Fsp3) is 0.385. The van der Waals surface area contributed by atoms with E-state index in [1.807, 2.05) is 24.3 Å². The number of fused-ring (bicyclic) bond motifs is 1. The minimum atomic E-state index is -0.617. The van der Waals surface area contributed by atoms with E-state index < -0.39 is 5.60 Å². The van der Waals surface area contributed by atoms with Gasteiger partial charge in [-0.25, -0.2) is 9.97 Å².